The summed E-state index contributed by atoms with van der Waals surface area (Å²) < 4.78 is 25.9. The van der Waals surface area contributed by atoms with E-state index in [0.717, 1.165) is 0 Å². The molecule has 0 saturated heterocycles. The quantitative estimate of drug-likeness (QED) is 0.776. The van der Waals surface area contributed by atoms with E-state index in [-0.39, 0.29) is 5.57 Å². The van der Waals surface area contributed by atoms with E-state index in [1.807, 2.05) is 12.1 Å². The van der Waals surface area contributed by atoms with Gasteiger partial charge in [-0.3, -0.25) is 0 Å². The van der Waals surface area contributed by atoms with E-state index < -0.39 is 11.6 Å². The Hall–Kier alpha value is -2.98. The third-order valence-corrected chi connectivity index (χ3v) is 2.74. The van der Waals surface area contributed by atoms with Gasteiger partial charge in [0.15, 0.2) is 0 Å². The van der Waals surface area contributed by atoms with Crippen molar-refractivity contribution in [2.75, 3.05) is 0 Å². The van der Waals surface area contributed by atoms with E-state index >= 15 is 0 Å². The fourth-order valence-corrected chi connectivity index (χ4v) is 1.83. The largest absolute Gasteiger partial charge is 0.207 e. The molecule has 20 heavy (non-hydrogen) atoms. The van der Waals surface area contributed by atoms with E-state index in [2.05, 4.69) is 0 Å². The first-order valence-corrected chi connectivity index (χ1v) is 5.72. The summed E-state index contributed by atoms with van der Waals surface area (Å²) in [5.74, 6) is -0.828. The smallest absolute Gasteiger partial charge is 0.138 e. The van der Waals surface area contributed by atoms with Crippen LogP contribution in [0.4, 0.5) is 8.78 Å². The molecule has 2 rings (SSSR count). The molecule has 0 amide bonds. The number of allylic oxidation sites excluding steroid dienone is 1. The third kappa shape index (κ3) is 2.71. The molecular formula is C16H8F2N2. The summed E-state index contributed by atoms with van der Waals surface area (Å²) >= 11 is 0. The van der Waals surface area contributed by atoms with Crippen LogP contribution in [0.25, 0.3) is 5.57 Å². The maximum Gasteiger partial charge on any atom is 0.138 e. The molecule has 0 aromatic heterocycles. The Balaban J connectivity index is 2.67. The van der Waals surface area contributed by atoms with Gasteiger partial charge in [-0.15, -0.1) is 0 Å². The minimum absolute atomic E-state index is 0.108. The average molecular weight is 266 g/mol. The zero-order valence-corrected chi connectivity index (χ0v) is 10.3. The predicted octanol–water partition coefficient (Wildman–Crippen LogP) is 3.81. The van der Waals surface area contributed by atoms with Crippen LogP contribution in [-0.2, 0) is 0 Å². The van der Waals surface area contributed by atoms with Crippen molar-refractivity contribution >= 4 is 5.57 Å². The predicted molar refractivity (Wildman–Crippen MR) is 70.0 cm³/mol. The first-order chi connectivity index (χ1) is 9.65. The van der Waals surface area contributed by atoms with Gasteiger partial charge in [0, 0.05) is 5.57 Å². The molecule has 0 aliphatic rings. The number of nitriles is 2. The van der Waals surface area contributed by atoms with Crippen molar-refractivity contribution < 1.29 is 8.78 Å². The Labute approximate surface area is 114 Å². The van der Waals surface area contributed by atoms with Gasteiger partial charge in [-0.2, -0.15) is 10.5 Å². The normalized spacial score (nSPS) is 9.40. The molecule has 0 atom stereocenters. The lowest BCUT2D eigenvalue weighted by Crippen LogP contribution is -1.93. The summed E-state index contributed by atoms with van der Waals surface area (Å²) in [6.45, 7) is 0. The van der Waals surface area contributed by atoms with E-state index in [1.54, 1.807) is 0 Å². The van der Waals surface area contributed by atoms with Crippen molar-refractivity contribution in [3.05, 3.63) is 76.9 Å². The SMILES string of the molecule is N#CC(C#N)=C(c1ccc(F)cc1)c1ccc(F)cc1. The monoisotopic (exact) mass is 266 g/mol. The van der Waals surface area contributed by atoms with Gasteiger partial charge in [0.1, 0.15) is 29.3 Å². The van der Waals surface area contributed by atoms with Crippen molar-refractivity contribution in [1.29, 1.82) is 10.5 Å². The molecule has 96 valence electrons. The summed E-state index contributed by atoms with van der Waals surface area (Å²) in [5, 5.41) is 18.1. The van der Waals surface area contributed by atoms with Crippen LogP contribution in [0, 0.1) is 34.3 Å². The van der Waals surface area contributed by atoms with Crippen LogP contribution in [0.1, 0.15) is 11.1 Å². The van der Waals surface area contributed by atoms with Crippen LogP contribution in [0.15, 0.2) is 54.1 Å². The zero-order valence-electron chi connectivity index (χ0n) is 10.3. The van der Waals surface area contributed by atoms with E-state index in [9.17, 15) is 8.78 Å². The van der Waals surface area contributed by atoms with E-state index in [4.69, 9.17) is 10.5 Å². The van der Waals surface area contributed by atoms with Crippen LogP contribution in [0.5, 0.6) is 0 Å². The van der Waals surface area contributed by atoms with E-state index in [0.29, 0.717) is 16.7 Å². The van der Waals surface area contributed by atoms with Crippen LogP contribution in [0.3, 0.4) is 0 Å². The molecule has 0 heterocycles. The van der Waals surface area contributed by atoms with Crippen molar-refractivity contribution in [3.63, 3.8) is 0 Å². The molecule has 0 aliphatic carbocycles. The van der Waals surface area contributed by atoms with Gasteiger partial charge in [0.25, 0.3) is 0 Å². The summed E-state index contributed by atoms with van der Waals surface area (Å²) in [7, 11) is 0. The molecule has 0 fully saturated rings. The van der Waals surface area contributed by atoms with Crippen LogP contribution in [0.2, 0.25) is 0 Å². The van der Waals surface area contributed by atoms with Gasteiger partial charge in [-0.05, 0) is 35.4 Å². The lowest BCUT2D eigenvalue weighted by atomic mass is 9.94. The van der Waals surface area contributed by atoms with Gasteiger partial charge in [-0.1, -0.05) is 24.3 Å². The first kappa shape index (κ1) is 13.5. The molecule has 2 aromatic carbocycles. The second-order valence-corrected chi connectivity index (χ2v) is 3.99. The minimum Gasteiger partial charge on any atom is -0.207 e. The standard InChI is InChI=1S/C16H8F2N2/c17-14-5-1-11(2-6-14)16(13(9-19)10-20)12-3-7-15(18)8-4-12/h1-8H. The fraction of sp³-hybridized carbons (Fsp3) is 0. The highest BCUT2D eigenvalue weighted by atomic mass is 19.1. The number of rotatable bonds is 2. The van der Waals surface area contributed by atoms with Crippen LogP contribution in [-0.4, -0.2) is 0 Å². The van der Waals surface area contributed by atoms with Crippen LogP contribution < -0.4 is 0 Å². The van der Waals surface area contributed by atoms with Crippen molar-refractivity contribution in [3.8, 4) is 12.1 Å². The van der Waals surface area contributed by atoms with Gasteiger partial charge in [-0.25, -0.2) is 8.78 Å². The Kier molecular flexibility index (Phi) is 3.88. The highest BCUT2D eigenvalue weighted by Gasteiger charge is 2.12. The number of halogens is 2. The maximum absolute atomic E-state index is 13.0. The number of hydrogen-bond donors (Lipinski definition) is 0. The van der Waals surface area contributed by atoms with Gasteiger partial charge in [0.2, 0.25) is 0 Å². The summed E-state index contributed by atoms with van der Waals surface area (Å²) in [4.78, 5) is 0. The zero-order chi connectivity index (χ0) is 14.5. The van der Waals surface area contributed by atoms with Crippen molar-refractivity contribution in [1.82, 2.24) is 0 Å². The molecule has 0 N–H and O–H groups in total. The second-order valence-electron chi connectivity index (χ2n) is 3.99. The Bertz CT molecular complexity index is 667. The molecule has 0 aliphatic heterocycles. The van der Waals surface area contributed by atoms with Crippen molar-refractivity contribution in [2.45, 2.75) is 0 Å². The molecule has 0 bridgehead atoms. The molecule has 2 aromatic rings. The summed E-state index contributed by atoms with van der Waals surface area (Å²) in [5.41, 5.74) is 1.30. The molecule has 4 heteroatoms. The summed E-state index contributed by atoms with van der Waals surface area (Å²) in [6.07, 6.45) is 0. The molecule has 0 saturated carbocycles. The Morgan fingerprint density at radius 1 is 0.700 bits per heavy atom. The highest BCUT2D eigenvalue weighted by molar-refractivity contribution is 5.86. The third-order valence-electron chi connectivity index (χ3n) is 2.74. The van der Waals surface area contributed by atoms with Gasteiger partial charge >= 0.3 is 0 Å². The molecule has 0 unspecified atom stereocenters. The van der Waals surface area contributed by atoms with Crippen LogP contribution >= 0.6 is 0 Å². The maximum atomic E-state index is 13.0. The first-order valence-electron chi connectivity index (χ1n) is 5.72. The van der Waals surface area contributed by atoms with E-state index in [1.165, 1.54) is 48.5 Å². The second kappa shape index (κ2) is 5.77. The van der Waals surface area contributed by atoms with Crippen molar-refractivity contribution in [2.24, 2.45) is 0 Å². The fourth-order valence-electron chi connectivity index (χ4n) is 1.83. The van der Waals surface area contributed by atoms with Gasteiger partial charge < -0.3 is 0 Å². The average Bonchev–Trinajstić information content (AvgIpc) is 2.47. The van der Waals surface area contributed by atoms with Gasteiger partial charge in [0.05, 0.1) is 0 Å². The Morgan fingerprint density at radius 3 is 1.35 bits per heavy atom. The number of hydrogen-bond acceptors (Lipinski definition) is 2. The highest BCUT2D eigenvalue weighted by Crippen LogP contribution is 2.27. The molecular weight excluding hydrogens is 258 g/mol. The molecule has 2 nitrogen and oxygen atoms in total. The molecule has 0 spiro atoms. The number of benzene rings is 2. The molecule has 0 radical (unpaired) electrons. The Morgan fingerprint density at radius 2 is 1.05 bits per heavy atom. The number of nitrogens with zero attached hydrogens (tertiary/aromatic N) is 2. The summed E-state index contributed by atoms with van der Waals surface area (Å²) in [6, 6.07) is 14.5. The minimum atomic E-state index is -0.414. The lowest BCUT2D eigenvalue weighted by Gasteiger charge is -2.08. The topological polar surface area (TPSA) is 47.6 Å². The lowest BCUT2D eigenvalue weighted by molar-refractivity contribution is 0.627.